The van der Waals surface area contributed by atoms with Crippen molar-refractivity contribution in [1.82, 2.24) is 14.5 Å². The molecule has 2 aromatic carbocycles. The molecule has 168 valence electrons. The first-order chi connectivity index (χ1) is 16.3. The van der Waals surface area contributed by atoms with Gasteiger partial charge >= 0.3 is 0 Å². The molecule has 4 aromatic rings. The molecule has 6 rings (SSSR count). The quantitative estimate of drug-likeness (QED) is 0.443. The number of benzene rings is 2. The molecule has 4 heterocycles. The van der Waals surface area contributed by atoms with Crippen LogP contribution < -0.4 is 10.2 Å². The maximum Gasteiger partial charge on any atom is 0.228 e. The normalized spacial score (nSPS) is 18.0. The molecule has 1 unspecified atom stereocenters. The second kappa shape index (κ2) is 8.50. The number of furan rings is 1. The van der Waals surface area contributed by atoms with Crippen molar-refractivity contribution in [2.75, 3.05) is 32.8 Å². The molecule has 7 heteroatoms. The largest absolute Gasteiger partial charge is 0.468 e. The van der Waals surface area contributed by atoms with Gasteiger partial charge in [-0.15, -0.1) is 0 Å². The third kappa shape index (κ3) is 3.63. The Bertz CT molecular complexity index is 1340. The lowest BCUT2D eigenvalue weighted by molar-refractivity contribution is 0.0369. The summed E-state index contributed by atoms with van der Waals surface area (Å²) in [5.41, 5.74) is 2.17. The summed E-state index contributed by atoms with van der Waals surface area (Å²) >= 11 is 0. The first-order valence-electron chi connectivity index (χ1n) is 11.5. The van der Waals surface area contributed by atoms with E-state index in [1.807, 2.05) is 28.8 Å². The maximum atomic E-state index is 9.05. The van der Waals surface area contributed by atoms with Gasteiger partial charge in [-0.25, -0.2) is 4.98 Å². The van der Waals surface area contributed by atoms with E-state index in [1.165, 1.54) is 0 Å². The summed E-state index contributed by atoms with van der Waals surface area (Å²) in [5, 5.41) is 11.2. The fourth-order valence-corrected chi connectivity index (χ4v) is 4.91. The molecule has 1 fully saturated rings. The fraction of sp³-hybridized carbons (Fsp3) is 0.308. The van der Waals surface area contributed by atoms with Crippen LogP contribution in [0.25, 0.3) is 10.8 Å². The van der Waals surface area contributed by atoms with E-state index in [2.05, 4.69) is 34.1 Å². The zero-order valence-electron chi connectivity index (χ0n) is 18.4. The highest BCUT2D eigenvalue weighted by molar-refractivity contribution is 5.91. The first-order valence-corrected chi connectivity index (χ1v) is 11.5. The van der Waals surface area contributed by atoms with Crippen molar-refractivity contribution in [2.24, 2.45) is 0 Å². The molecular weight excluding hydrogens is 416 g/mol. The number of aryl methyl sites for hydroxylation is 1. The molecule has 1 saturated heterocycles. The number of hydrogen-bond donors (Lipinski definition) is 1. The van der Waals surface area contributed by atoms with E-state index >= 15 is 0 Å². The second-order valence-corrected chi connectivity index (χ2v) is 8.57. The third-order valence-electron chi connectivity index (χ3n) is 6.60. The van der Waals surface area contributed by atoms with Gasteiger partial charge in [0.2, 0.25) is 5.88 Å². The highest BCUT2D eigenvalue weighted by atomic mass is 16.5. The summed E-state index contributed by atoms with van der Waals surface area (Å²) in [6.07, 6.45) is 4.36. The van der Waals surface area contributed by atoms with E-state index in [4.69, 9.17) is 19.3 Å². The number of fused-ring (bicyclic) bond motifs is 4. The van der Waals surface area contributed by atoms with Crippen LogP contribution in [-0.4, -0.2) is 47.3 Å². The number of morpholine rings is 1. The molecule has 2 aliphatic heterocycles. The highest BCUT2D eigenvalue weighted by Gasteiger charge is 2.34. The predicted molar refractivity (Wildman–Crippen MR) is 124 cm³/mol. The van der Waals surface area contributed by atoms with Crippen molar-refractivity contribution in [3.63, 3.8) is 0 Å². The molecule has 0 aliphatic carbocycles. The number of rotatable bonds is 5. The van der Waals surface area contributed by atoms with E-state index in [1.54, 1.807) is 12.6 Å². The summed E-state index contributed by atoms with van der Waals surface area (Å²) in [6.45, 7) is 5.26. The van der Waals surface area contributed by atoms with Gasteiger partial charge in [-0.3, -0.25) is 10.3 Å². The van der Waals surface area contributed by atoms with E-state index in [0.717, 1.165) is 79.2 Å². The van der Waals surface area contributed by atoms with Gasteiger partial charge in [-0.1, -0.05) is 36.4 Å². The predicted octanol–water partition coefficient (Wildman–Crippen LogP) is 4.12. The van der Waals surface area contributed by atoms with E-state index < -0.39 is 0 Å². The van der Waals surface area contributed by atoms with Crippen molar-refractivity contribution in [3.05, 3.63) is 83.5 Å². The van der Waals surface area contributed by atoms with Gasteiger partial charge in [0.1, 0.15) is 23.3 Å². The van der Waals surface area contributed by atoms with E-state index in [0.29, 0.717) is 11.4 Å². The topological polar surface area (TPSA) is 76.5 Å². The van der Waals surface area contributed by atoms with Gasteiger partial charge in [-0.2, -0.15) is 0 Å². The van der Waals surface area contributed by atoms with Gasteiger partial charge in [-0.05, 0) is 23.9 Å². The molecule has 33 heavy (non-hydrogen) atoms. The van der Waals surface area contributed by atoms with Gasteiger partial charge in [0.15, 0.2) is 0 Å². The van der Waals surface area contributed by atoms with Crippen molar-refractivity contribution < 1.29 is 13.9 Å². The van der Waals surface area contributed by atoms with Crippen molar-refractivity contribution in [2.45, 2.75) is 18.9 Å². The summed E-state index contributed by atoms with van der Waals surface area (Å²) in [6, 6.07) is 16.2. The zero-order chi connectivity index (χ0) is 22.2. The Balaban J connectivity index is 1.38. The first kappa shape index (κ1) is 20.2. The molecule has 7 nitrogen and oxygen atoms in total. The Labute approximate surface area is 191 Å². The lowest BCUT2D eigenvalue weighted by Gasteiger charge is -2.28. The number of nitrogens with one attached hydrogen (secondary N) is 1. The van der Waals surface area contributed by atoms with Crippen LogP contribution in [0.15, 0.2) is 65.5 Å². The van der Waals surface area contributed by atoms with E-state index in [-0.39, 0.29) is 5.92 Å². The number of aromatic nitrogens is 2. The zero-order valence-corrected chi connectivity index (χ0v) is 18.4. The maximum absolute atomic E-state index is 9.05. The molecule has 1 atom stereocenters. The molecule has 0 amide bonds. The lowest BCUT2D eigenvalue weighted by Crippen LogP contribution is -2.37. The highest BCUT2D eigenvalue weighted by Crippen LogP contribution is 2.47. The van der Waals surface area contributed by atoms with Crippen molar-refractivity contribution in [1.29, 1.82) is 5.41 Å². The summed E-state index contributed by atoms with van der Waals surface area (Å²) in [7, 11) is 0. The molecule has 0 spiro atoms. The molecule has 2 aromatic heterocycles. The van der Waals surface area contributed by atoms with Crippen LogP contribution in [0.5, 0.6) is 11.6 Å². The lowest BCUT2D eigenvalue weighted by atomic mass is 9.86. The summed E-state index contributed by atoms with van der Waals surface area (Å²) < 4.78 is 19.6. The molecular formula is C26H26N4O3. The molecule has 0 saturated carbocycles. The average Bonchev–Trinajstić information content (AvgIpc) is 3.39. The SMILES string of the molecule is N=c1c2c(ncn1CCCN1CCOCC1)Oc1c(ccc3ccccc13)C2c1ccco1. The van der Waals surface area contributed by atoms with E-state index in [9.17, 15) is 0 Å². The van der Waals surface area contributed by atoms with Gasteiger partial charge in [0, 0.05) is 37.1 Å². The summed E-state index contributed by atoms with van der Waals surface area (Å²) in [5.74, 6) is 1.82. The van der Waals surface area contributed by atoms with Gasteiger partial charge in [0.05, 0.1) is 31.0 Å². The Morgan fingerprint density at radius 1 is 1.00 bits per heavy atom. The smallest absolute Gasteiger partial charge is 0.228 e. The number of hydrogen-bond acceptors (Lipinski definition) is 6. The van der Waals surface area contributed by atoms with Crippen molar-refractivity contribution >= 4 is 10.8 Å². The Morgan fingerprint density at radius 3 is 2.73 bits per heavy atom. The summed E-state index contributed by atoms with van der Waals surface area (Å²) in [4.78, 5) is 7.07. The van der Waals surface area contributed by atoms with Crippen LogP contribution in [0, 0.1) is 5.41 Å². The Kier molecular flexibility index (Phi) is 5.20. The van der Waals surface area contributed by atoms with Crippen LogP contribution in [0.3, 0.4) is 0 Å². The Hall–Kier alpha value is -3.42. The minimum Gasteiger partial charge on any atom is -0.468 e. The van der Waals surface area contributed by atoms with Crippen LogP contribution in [-0.2, 0) is 11.3 Å². The van der Waals surface area contributed by atoms with Crippen LogP contribution in [0.1, 0.15) is 29.2 Å². The van der Waals surface area contributed by atoms with Crippen LogP contribution >= 0.6 is 0 Å². The number of nitrogens with zero attached hydrogens (tertiary/aromatic N) is 3. The third-order valence-corrected chi connectivity index (χ3v) is 6.60. The van der Waals surface area contributed by atoms with Crippen LogP contribution in [0.4, 0.5) is 0 Å². The second-order valence-electron chi connectivity index (χ2n) is 8.57. The standard InChI is InChI=1S/C26H26N4O3/c27-25-23-22(21-7-3-14-32-21)20-9-8-18-5-1-2-6-19(18)24(20)33-26(23)28-17-30(25)11-4-10-29-12-15-31-16-13-29/h1-3,5-9,14,17,22,27H,4,10-13,15-16H2. The Morgan fingerprint density at radius 2 is 1.88 bits per heavy atom. The van der Waals surface area contributed by atoms with Crippen LogP contribution in [0.2, 0.25) is 0 Å². The molecule has 0 bridgehead atoms. The molecule has 2 aliphatic rings. The minimum atomic E-state index is -0.241. The van der Waals surface area contributed by atoms with Gasteiger partial charge in [0.25, 0.3) is 0 Å². The molecule has 0 radical (unpaired) electrons. The molecule has 1 N–H and O–H groups in total. The van der Waals surface area contributed by atoms with Crippen molar-refractivity contribution in [3.8, 4) is 11.6 Å². The minimum absolute atomic E-state index is 0.241. The monoisotopic (exact) mass is 442 g/mol. The fourth-order valence-electron chi connectivity index (χ4n) is 4.91. The average molecular weight is 443 g/mol. The van der Waals surface area contributed by atoms with Gasteiger partial charge < -0.3 is 18.5 Å². The number of ether oxygens (including phenoxy) is 2.